The molecule has 0 aromatic carbocycles. The van der Waals surface area contributed by atoms with Gasteiger partial charge in [-0.1, -0.05) is 0 Å². The van der Waals surface area contributed by atoms with Crippen molar-refractivity contribution in [2.75, 3.05) is 20.2 Å². The second-order valence-electron chi connectivity index (χ2n) is 1.77. The fourth-order valence-electron chi connectivity index (χ4n) is 0.470. The topological polar surface area (TPSA) is 61.7 Å². The fourth-order valence-corrected chi connectivity index (χ4v) is 0.470. The van der Waals surface area contributed by atoms with Gasteiger partial charge in [0.05, 0.1) is 18.9 Å². The molecule has 4 nitrogen and oxygen atoms in total. The first kappa shape index (κ1) is 9.10. The van der Waals surface area contributed by atoms with Crippen molar-refractivity contribution < 1.29 is 9.90 Å². The first-order chi connectivity index (χ1) is 4.72. The second-order valence-corrected chi connectivity index (χ2v) is 1.77. The predicted molar refractivity (Wildman–Crippen MR) is 39.1 cm³/mol. The molecule has 0 aromatic heterocycles. The van der Waals surface area contributed by atoms with Gasteiger partial charge in [0.25, 0.3) is 5.91 Å². The summed E-state index contributed by atoms with van der Waals surface area (Å²) in [6.45, 7) is 1.88. The molecule has 58 valence electrons. The first-order valence-electron chi connectivity index (χ1n) is 3.06. The number of nitrogens with one attached hydrogen (secondary N) is 1. The van der Waals surface area contributed by atoms with Gasteiger partial charge in [-0.25, -0.2) is 0 Å². The Kier molecular flexibility index (Phi) is 4.49. The lowest BCUT2D eigenvalue weighted by molar-refractivity contribution is -0.114. The van der Waals surface area contributed by atoms with E-state index in [2.05, 4.69) is 10.3 Å². The van der Waals surface area contributed by atoms with Crippen LogP contribution in [0.25, 0.3) is 0 Å². The van der Waals surface area contributed by atoms with Crippen LogP contribution in [0.2, 0.25) is 0 Å². The summed E-state index contributed by atoms with van der Waals surface area (Å²) in [6, 6.07) is 0. The van der Waals surface area contributed by atoms with Crippen LogP contribution in [0.4, 0.5) is 0 Å². The number of nitrogens with zero attached hydrogens (tertiary/aromatic N) is 1. The molecule has 1 amide bonds. The van der Waals surface area contributed by atoms with Gasteiger partial charge in [-0.05, 0) is 6.92 Å². The highest BCUT2D eigenvalue weighted by molar-refractivity contribution is 6.37. The number of rotatable bonds is 3. The van der Waals surface area contributed by atoms with Gasteiger partial charge >= 0.3 is 0 Å². The highest BCUT2D eigenvalue weighted by Gasteiger charge is 1.99. The molecule has 0 aliphatic heterocycles. The molecule has 0 saturated heterocycles. The molecule has 0 aliphatic carbocycles. The van der Waals surface area contributed by atoms with Crippen molar-refractivity contribution in [3.05, 3.63) is 0 Å². The summed E-state index contributed by atoms with van der Waals surface area (Å²) in [7, 11) is 1.54. The molecule has 0 rings (SSSR count). The van der Waals surface area contributed by atoms with Crippen molar-refractivity contribution in [3.8, 4) is 0 Å². The monoisotopic (exact) mass is 144 g/mol. The minimum atomic E-state index is -0.201. The normalized spacial score (nSPS) is 11.3. The quantitative estimate of drug-likeness (QED) is 0.509. The van der Waals surface area contributed by atoms with Crippen molar-refractivity contribution in [1.29, 1.82) is 0 Å². The molecular formula is C6H12N2O2. The number of amides is 1. The van der Waals surface area contributed by atoms with E-state index in [0.29, 0.717) is 12.3 Å². The zero-order chi connectivity index (χ0) is 7.98. The number of hydrogen-bond donors (Lipinski definition) is 2. The summed E-state index contributed by atoms with van der Waals surface area (Å²) >= 11 is 0. The summed E-state index contributed by atoms with van der Waals surface area (Å²) in [5.41, 5.74) is 0.400. The van der Waals surface area contributed by atoms with Crippen LogP contribution < -0.4 is 5.32 Å². The number of carbonyl (C=O) groups is 1. The van der Waals surface area contributed by atoms with E-state index in [1.165, 1.54) is 0 Å². The molecule has 0 radical (unpaired) electrons. The minimum Gasteiger partial charge on any atom is -0.394 e. The van der Waals surface area contributed by atoms with E-state index < -0.39 is 0 Å². The van der Waals surface area contributed by atoms with Crippen LogP contribution in [0.3, 0.4) is 0 Å². The average molecular weight is 144 g/mol. The van der Waals surface area contributed by atoms with E-state index in [1.807, 2.05) is 0 Å². The van der Waals surface area contributed by atoms with Crippen LogP contribution in [-0.2, 0) is 4.79 Å². The summed E-state index contributed by atoms with van der Waals surface area (Å²) in [5.74, 6) is -0.201. The Morgan fingerprint density at radius 3 is 2.70 bits per heavy atom. The lowest BCUT2D eigenvalue weighted by atomic mass is 10.4. The van der Waals surface area contributed by atoms with E-state index in [0.717, 1.165) is 0 Å². The molecule has 0 spiro atoms. The lowest BCUT2D eigenvalue weighted by Gasteiger charge is -1.96. The summed E-state index contributed by atoms with van der Waals surface area (Å²) in [5, 5.41) is 10.8. The number of hydrogen-bond acceptors (Lipinski definition) is 3. The maximum absolute atomic E-state index is 10.7. The predicted octanol–water partition coefficient (Wildman–Crippen LogP) is -0.814. The van der Waals surface area contributed by atoms with E-state index in [-0.39, 0.29) is 12.5 Å². The zero-order valence-corrected chi connectivity index (χ0v) is 6.22. The van der Waals surface area contributed by atoms with Gasteiger partial charge in [-0.2, -0.15) is 0 Å². The SMILES string of the molecule is CNC(=O)C(C)=NCCO. The van der Waals surface area contributed by atoms with Gasteiger partial charge in [0, 0.05) is 7.05 Å². The minimum absolute atomic E-state index is 0.0195. The van der Waals surface area contributed by atoms with Crippen LogP contribution >= 0.6 is 0 Å². The Hall–Kier alpha value is -0.900. The lowest BCUT2D eigenvalue weighted by Crippen LogP contribution is -2.25. The number of aliphatic hydroxyl groups is 1. The van der Waals surface area contributed by atoms with Gasteiger partial charge in [0.2, 0.25) is 0 Å². The highest BCUT2D eigenvalue weighted by Crippen LogP contribution is 1.76. The highest BCUT2D eigenvalue weighted by atomic mass is 16.3. The Labute approximate surface area is 60.0 Å². The zero-order valence-electron chi connectivity index (χ0n) is 6.22. The van der Waals surface area contributed by atoms with Gasteiger partial charge < -0.3 is 10.4 Å². The third-order valence-corrected chi connectivity index (χ3v) is 1.00. The molecule has 0 aromatic rings. The molecule has 0 fully saturated rings. The van der Waals surface area contributed by atoms with E-state index >= 15 is 0 Å². The maximum atomic E-state index is 10.7. The van der Waals surface area contributed by atoms with Gasteiger partial charge in [0.1, 0.15) is 0 Å². The summed E-state index contributed by atoms with van der Waals surface area (Å²) in [4.78, 5) is 14.5. The molecule has 0 aliphatic rings. The Balaban J connectivity index is 3.80. The largest absolute Gasteiger partial charge is 0.394 e. The second kappa shape index (κ2) is 4.93. The molecule has 10 heavy (non-hydrogen) atoms. The van der Waals surface area contributed by atoms with Crippen molar-refractivity contribution in [2.45, 2.75) is 6.92 Å². The van der Waals surface area contributed by atoms with Crippen molar-refractivity contribution in [1.82, 2.24) is 5.32 Å². The third-order valence-electron chi connectivity index (χ3n) is 1.00. The van der Waals surface area contributed by atoms with Crippen molar-refractivity contribution >= 4 is 11.6 Å². The molecule has 0 bridgehead atoms. The average Bonchev–Trinajstić information content (AvgIpc) is 1.98. The molecule has 2 N–H and O–H groups in total. The van der Waals surface area contributed by atoms with Crippen LogP contribution in [0.1, 0.15) is 6.92 Å². The molecular weight excluding hydrogens is 132 g/mol. The summed E-state index contributed by atoms with van der Waals surface area (Å²) < 4.78 is 0. The standard InChI is InChI=1S/C6H12N2O2/c1-5(6(10)7-2)8-3-4-9/h9H,3-4H2,1-2H3,(H,7,10). The van der Waals surface area contributed by atoms with Crippen molar-refractivity contribution in [3.63, 3.8) is 0 Å². The molecule has 4 heteroatoms. The number of aliphatic imine (C=N–C) groups is 1. The van der Waals surface area contributed by atoms with Gasteiger partial charge in [-0.3, -0.25) is 9.79 Å². The van der Waals surface area contributed by atoms with Crippen LogP contribution in [0.5, 0.6) is 0 Å². The molecule has 0 heterocycles. The maximum Gasteiger partial charge on any atom is 0.264 e. The Bertz CT molecular complexity index is 143. The van der Waals surface area contributed by atoms with Crippen LogP contribution in [0, 0.1) is 0 Å². The van der Waals surface area contributed by atoms with E-state index in [9.17, 15) is 4.79 Å². The third kappa shape index (κ3) is 3.19. The van der Waals surface area contributed by atoms with E-state index in [1.54, 1.807) is 14.0 Å². The van der Waals surface area contributed by atoms with Crippen LogP contribution in [0.15, 0.2) is 4.99 Å². The van der Waals surface area contributed by atoms with Crippen LogP contribution in [-0.4, -0.2) is 36.9 Å². The number of carbonyl (C=O) groups excluding carboxylic acids is 1. The van der Waals surface area contributed by atoms with Gasteiger partial charge in [0.15, 0.2) is 0 Å². The Morgan fingerprint density at radius 1 is 1.70 bits per heavy atom. The molecule has 0 unspecified atom stereocenters. The fraction of sp³-hybridized carbons (Fsp3) is 0.667. The molecule has 0 atom stereocenters. The van der Waals surface area contributed by atoms with Gasteiger partial charge in [-0.15, -0.1) is 0 Å². The van der Waals surface area contributed by atoms with E-state index in [4.69, 9.17) is 5.11 Å². The van der Waals surface area contributed by atoms with Crippen molar-refractivity contribution in [2.24, 2.45) is 4.99 Å². The Morgan fingerprint density at radius 2 is 2.30 bits per heavy atom. The smallest absolute Gasteiger partial charge is 0.264 e. The number of aliphatic hydroxyl groups excluding tert-OH is 1. The first-order valence-corrected chi connectivity index (χ1v) is 3.06. The molecule has 0 saturated carbocycles. The summed E-state index contributed by atoms with van der Waals surface area (Å²) in [6.07, 6.45) is 0.